The van der Waals surface area contributed by atoms with Crippen LogP contribution in [0.4, 0.5) is 0 Å². The molecule has 0 unspecified atom stereocenters. The van der Waals surface area contributed by atoms with Crippen LogP contribution in [0.2, 0.25) is 0 Å². The van der Waals surface area contributed by atoms with Gasteiger partial charge < -0.3 is 24.1 Å². The molecule has 0 bridgehead atoms. The molecule has 0 saturated heterocycles. The van der Waals surface area contributed by atoms with Crippen molar-refractivity contribution in [3.05, 3.63) is 54.5 Å². The molecule has 0 saturated carbocycles. The molecule has 1 aromatic carbocycles. The van der Waals surface area contributed by atoms with Gasteiger partial charge in [-0.2, -0.15) is 0 Å². The molecule has 0 aliphatic heterocycles. The maximum atomic E-state index is 12.6. The fourth-order valence-electron chi connectivity index (χ4n) is 2.82. The van der Waals surface area contributed by atoms with Crippen LogP contribution in [0.5, 0.6) is 17.2 Å². The van der Waals surface area contributed by atoms with E-state index in [2.05, 4.69) is 15.3 Å². The smallest absolute Gasteiger partial charge is 0.251 e. The van der Waals surface area contributed by atoms with Crippen molar-refractivity contribution in [3.63, 3.8) is 0 Å². The molecule has 2 heterocycles. The van der Waals surface area contributed by atoms with Gasteiger partial charge in [0.2, 0.25) is 5.75 Å². The number of imidazole rings is 1. The van der Waals surface area contributed by atoms with Gasteiger partial charge in [0.25, 0.3) is 5.91 Å². The number of nitrogens with one attached hydrogen (secondary N) is 1. The highest BCUT2D eigenvalue weighted by Crippen LogP contribution is 2.38. The van der Waals surface area contributed by atoms with E-state index >= 15 is 0 Å². The van der Waals surface area contributed by atoms with Gasteiger partial charge in [-0.15, -0.1) is 0 Å². The van der Waals surface area contributed by atoms with Crippen LogP contribution in [0.1, 0.15) is 10.4 Å². The van der Waals surface area contributed by atoms with E-state index in [0.29, 0.717) is 35.9 Å². The van der Waals surface area contributed by atoms with Crippen LogP contribution in [0.25, 0.3) is 11.5 Å². The summed E-state index contributed by atoms with van der Waals surface area (Å²) < 4.78 is 17.8. The highest BCUT2D eigenvalue weighted by molar-refractivity contribution is 5.95. The van der Waals surface area contributed by atoms with Gasteiger partial charge in [0.05, 0.1) is 21.3 Å². The Hall–Kier alpha value is -3.55. The van der Waals surface area contributed by atoms with E-state index in [4.69, 9.17) is 14.2 Å². The maximum absolute atomic E-state index is 12.6. The number of pyridine rings is 1. The summed E-state index contributed by atoms with van der Waals surface area (Å²) in [6.07, 6.45) is 5.29. The van der Waals surface area contributed by atoms with Gasteiger partial charge in [0.1, 0.15) is 5.69 Å². The number of methoxy groups -OCH3 is 3. The molecule has 3 aromatic rings. The Kier molecular flexibility index (Phi) is 6.11. The van der Waals surface area contributed by atoms with Crippen LogP contribution >= 0.6 is 0 Å². The summed E-state index contributed by atoms with van der Waals surface area (Å²) in [6.45, 7) is 0.980. The second-order valence-electron chi connectivity index (χ2n) is 5.83. The summed E-state index contributed by atoms with van der Waals surface area (Å²) in [6, 6.07) is 8.90. The fraction of sp³-hybridized carbons (Fsp3) is 0.250. The molecule has 0 atom stereocenters. The lowest BCUT2D eigenvalue weighted by molar-refractivity contribution is 0.0951. The first-order valence-corrected chi connectivity index (χ1v) is 8.68. The molecule has 8 nitrogen and oxygen atoms in total. The summed E-state index contributed by atoms with van der Waals surface area (Å²) in [7, 11) is 4.54. The number of aromatic nitrogens is 3. The van der Waals surface area contributed by atoms with Gasteiger partial charge in [0.15, 0.2) is 17.3 Å². The number of rotatable bonds is 8. The Labute approximate surface area is 163 Å². The third kappa shape index (κ3) is 4.06. The zero-order valence-electron chi connectivity index (χ0n) is 16.0. The lowest BCUT2D eigenvalue weighted by Gasteiger charge is -2.14. The molecule has 2 aromatic heterocycles. The normalized spacial score (nSPS) is 10.4. The molecule has 8 heteroatoms. The van der Waals surface area contributed by atoms with Crippen molar-refractivity contribution in [1.82, 2.24) is 19.9 Å². The predicted octanol–water partition coefficient (Wildman–Crippen LogP) is 2.40. The van der Waals surface area contributed by atoms with Crippen LogP contribution in [0.3, 0.4) is 0 Å². The third-order valence-electron chi connectivity index (χ3n) is 4.17. The van der Waals surface area contributed by atoms with E-state index in [1.165, 1.54) is 21.3 Å². The van der Waals surface area contributed by atoms with Crippen LogP contribution in [0, 0.1) is 0 Å². The number of ether oxygens (including phenoxy) is 3. The summed E-state index contributed by atoms with van der Waals surface area (Å²) >= 11 is 0. The molecule has 0 radical (unpaired) electrons. The van der Waals surface area contributed by atoms with Crippen molar-refractivity contribution in [1.29, 1.82) is 0 Å². The van der Waals surface area contributed by atoms with E-state index in [-0.39, 0.29) is 5.91 Å². The van der Waals surface area contributed by atoms with Crippen molar-refractivity contribution in [2.45, 2.75) is 6.54 Å². The summed E-state index contributed by atoms with van der Waals surface area (Å²) in [5, 5.41) is 2.90. The van der Waals surface area contributed by atoms with E-state index in [0.717, 1.165) is 11.5 Å². The van der Waals surface area contributed by atoms with E-state index in [9.17, 15) is 4.79 Å². The molecule has 3 rings (SSSR count). The van der Waals surface area contributed by atoms with Crippen molar-refractivity contribution in [3.8, 4) is 28.8 Å². The number of nitrogens with zero attached hydrogens (tertiary/aromatic N) is 3. The zero-order valence-corrected chi connectivity index (χ0v) is 16.0. The second-order valence-corrected chi connectivity index (χ2v) is 5.83. The van der Waals surface area contributed by atoms with Crippen molar-refractivity contribution in [2.24, 2.45) is 0 Å². The Morgan fingerprint density at radius 3 is 2.39 bits per heavy atom. The first-order valence-electron chi connectivity index (χ1n) is 8.68. The summed E-state index contributed by atoms with van der Waals surface area (Å²) in [4.78, 5) is 21.2. The topological polar surface area (TPSA) is 87.5 Å². The number of hydrogen-bond acceptors (Lipinski definition) is 6. The summed E-state index contributed by atoms with van der Waals surface area (Å²) in [5.41, 5.74) is 1.20. The van der Waals surface area contributed by atoms with Gasteiger partial charge in [-0.25, -0.2) is 4.98 Å². The molecule has 146 valence electrons. The highest BCUT2D eigenvalue weighted by atomic mass is 16.5. The molecule has 0 spiro atoms. The lowest BCUT2D eigenvalue weighted by Crippen LogP contribution is -2.27. The Bertz CT molecular complexity index is 915. The van der Waals surface area contributed by atoms with Crippen LogP contribution in [-0.2, 0) is 6.54 Å². The van der Waals surface area contributed by atoms with Crippen molar-refractivity contribution >= 4 is 5.91 Å². The molecule has 0 fully saturated rings. The number of carbonyl (C=O) groups excluding carboxylic acids is 1. The fourth-order valence-corrected chi connectivity index (χ4v) is 2.82. The third-order valence-corrected chi connectivity index (χ3v) is 4.17. The van der Waals surface area contributed by atoms with Gasteiger partial charge in [0, 0.05) is 37.2 Å². The quantitative estimate of drug-likeness (QED) is 0.644. The SMILES string of the molecule is COc1cc(C(=O)NCCn2ccnc2-c2ccccn2)cc(OC)c1OC. The minimum atomic E-state index is -0.237. The Morgan fingerprint density at radius 2 is 1.79 bits per heavy atom. The monoisotopic (exact) mass is 382 g/mol. The predicted molar refractivity (Wildman–Crippen MR) is 104 cm³/mol. The molecular weight excluding hydrogens is 360 g/mol. The first-order chi connectivity index (χ1) is 13.7. The van der Waals surface area contributed by atoms with E-state index in [1.807, 2.05) is 29.0 Å². The number of amides is 1. The van der Waals surface area contributed by atoms with Crippen LogP contribution in [-0.4, -0.2) is 48.3 Å². The maximum Gasteiger partial charge on any atom is 0.251 e. The Balaban J connectivity index is 1.68. The average Bonchev–Trinajstić information content (AvgIpc) is 3.21. The molecular formula is C20H22N4O4. The van der Waals surface area contributed by atoms with Crippen molar-refractivity contribution in [2.75, 3.05) is 27.9 Å². The number of benzene rings is 1. The van der Waals surface area contributed by atoms with Gasteiger partial charge >= 0.3 is 0 Å². The first kappa shape index (κ1) is 19.2. The zero-order chi connectivity index (χ0) is 19.9. The standard InChI is InChI=1S/C20H22N4O4/c1-26-16-12-14(13-17(27-2)18(16)28-3)20(25)23-9-11-24-10-8-22-19(24)15-6-4-5-7-21-15/h4-8,10,12-13H,9,11H2,1-3H3,(H,23,25). The van der Waals surface area contributed by atoms with Crippen LogP contribution < -0.4 is 19.5 Å². The van der Waals surface area contributed by atoms with Gasteiger partial charge in [-0.1, -0.05) is 6.07 Å². The number of hydrogen-bond donors (Lipinski definition) is 1. The lowest BCUT2D eigenvalue weighted by atomic mass is 10.1. The summed E-state index contributed by atoms with van der Waals surface area (Å²) in [5.74, 6) is 1.82. The van der Waals surface area contributed by atoms with E-state index < -0.39 is 0 Å². The van der Waals surface area contributed by atoms with E-state index in [1.54, 1.807) is 24.5 Å². The van der Waals surface area contributed by atoms with Crippen LogP contribution in [0.15, 0.2) is 48.9 Å². The van der Waals surface area contributed by atoms with Gasteiger partial charge in [-0.05, 0) is 24.3 Å². The number of carbonyl (C=O) groups is 1. The second kappa shape index (κ2) is 8.90. The average molecular weight is 382 g/mol. The minimum absolute atomic E-state index is 0.237. The van der Waals surface area contributed by atoms with Gasteiger partial charge in [-0.3, -0.25) is 9.78 Å². The molecule has 28 heavy (non-hydrogen) atoms. The highest BCUT2D eigenvalue weighted by Gasteiger charge is 2.17. The molecule has 0 aliphatic rings. The minimum Gasteiger partial charge on any atom is -0.493 e. The Morgan fingerprint density at radius 1 is 1.04 bits per heavy atom. The molecule has 1 amide bonds. The molecule has 1 N–H and O–H groups in total. The molecule has 0 aliphatic carbocycles. The largest absolute Gasteiger partial charge is 0.493 e. The van der Waals surface area contributed by atoms with Crippen molar-refractivity contribution < 1.29 is 19.0 Å².